The Labute approximate surface area is 218 Å². The number of unbranched alkanes of at least 4 members (excludes halogenated alkanes) is 8. The molecule has 1 aliphatic rings. The molecule has 0 unspecified atom stereocenters. The van der Waals surface area contributed by atoms with Crippen LogP contribution in [0, 0.1) is 5.41 Å². The molecule has 1 atom stereocenters. The molecular formula is C26H39ClF3N5O. The first-order valence-corrected chi connectivity index (χ1v) is 12.9. The van der Waals surface area contributed by atoms with E-state index in [0.717, 1.165) is 44.6 Å². The number of alkyl halides is 3. The van der Waals surface area contributed by atoms with Crippen LogP contribution >= 0.6 is 12.4 Å². The fourth-order valence-electron chi connectivity index (χ4n) is 4.74. The van der Waals surface area contributed by atoms with E-state index < -0.39 is 11.7 Å². The zero-order valence-electron chi connectivity index (χ0n) is 21.1. The second-order valence-electron chi connectivity index (χ2n) is 9.57. The molecule has 6 nitrogen and oxygen atoms in total. The number of nitrogens with zero attached hydrogens (tertiary/aromatic N) is 3. The number of benzene rings is 1. The minimum Gasteiger partial charge on any atom is -0.370 e. The van der Waals surface area contributed by atoms with Crippen molar-refractivity contribution < 1.29 is 17.7 Å². The summed E-state index contributed by atoms with van der Waals surface area (Å²) in [6.45, 7) is 3.38. The Morgan fingerprint density at radius 2 is 1.78 bits per heavy atom. The van der Waals surface area contributed by atoms with Crippen molar-refractivity contribution in [3.63, 3.8) is 0 Å². The summed E-state index contributed by atoms with van der Waals surface area (Å²) in [5.74, 6) is 0.423. The maximum Gasteiger partial charge on any atom is 0.416 e. The highest BCUT2D eigenvalue weighted by molar-refractivity contribution is 5.85. The lowest BCUT2D eigenvalue weighted by Gasteiger charge is -2.30. The fraction of sp³-hybridized carbons (Fsp3) is 0.654. The van der Waals surface area contributed by atoms with Crippen LogP contribution in [0.25, 0.3) is 11.4 Å². The summed E-state index contributed by atoms with van der Waals surface area (Å²) in [5.41, 5.74) is 5.58. The van der Waals surface area contributed by atoms with Gasteiger partial charge in [-0.2, -0.15) is 18.2 Å². The summed E-state index contributed by atoms with van der Waals surface area (Å²) in [6.07, 6.45) is 7.76. The molecule has 0 saturated carbocycles. The van der Waals surface area contributed by atoms with Crippen LogP contribution < -0.4 is 5.73 Å². The van der Waals surface area contributed by atoms with Gasteiger partial charge in [0.25, 0.3) is 0 Å². The Bertz CT molecular complexity index is 950. The number of guanidine groups is 1. The van der Waals surface area contributed by atoms with Gasteiger partial charge >= 0.3 is 6.18 Å². The number of rotatable bonds is 12. The molecule has 0 aliphatic carbocycles. The monoisotopic (exact) mass is 529 g/mol. The van der Waals surface area contributed by atoms with Gasteiger partial charge in [0.2, 0.25) is 11.7 Å². The number of aryl methyl sites for hydroxylation is 1. The molecule has 3 rings (SSSR count). The van der Waals surface area contributed by atoms with Gasteiger partial charge in [0.05, 0.1) is 11.5 Å². The molecule has 0 amide bonds. The molecule has 202 valence electrons. The zero-order valence-corrected chi connectivity index (χ0v) is 21.9. The molecule has 10 heteroatoms. The molecular weight excluding hydrogens is 491 g/mol. The van der Waals surface area contributed by atoms with Gasteiger partial charge in [0.1, 0.15) is 0 Å². The lowest BCUT2D eigenvalue weighted by atomic mass is 9.97. The number of hydrogen-bond acceptors (Lipinski definition) is 4. The van der Waals surface area contributed by atoms with Crippen LogP contribution in [0.4, 0.5) is 13.2 Å². The molecule has 0 bridgehead atoms. The maximum absolute atomic E-state index is 13.8. The van der Waals surface area contributed by atoms with E-state index in [1.807, 2.05) is 0 Å². The number of likely N-dealkylation sites (tertiary alicyclic amines) is 1. The third-order valence-corrected chi connectivity index (χ3v) is 6.78. The van der Waals surface area contributed by atoms with E-state index in [4.69, 9.17) is 15.7 Å². The molecule has 0 radical (unpaired) electrons. The van der Waals surface area contributed by atoms with E-state index in [2.05, 4.69) is 17.1 Å². The topological polar surface area (TPSA) is 92.0 Å². The van der Waals surface area contributed by atoms with Crippen LogP contribution in [0.5, 0.6) is 0 Å². The largest absolute Gasteiger partial charge is 0.416 e. The number of hydrogen-bond donors (Lipinski definition) is 2. The lowest BCUT2D eigenvalue weighted by Crippen LogP contribution is -2.42. The van der Waals surface area contributed by atoms with E-state index in [1.165, 1.54) is 32.1 Å². The van der Waals surface area contributed by atoms with Gasteiger partial charge in [-0.1, -0.05) is 75.6 Å². The van der Waals surface area contributed by atoms with Crippen molar-refractivity contribution in [3.05, 3.63) is 35.2 Å². The summed E-state index contributed by atoms with van der Waals surface area (Å²) >= 11 is 0. The van der Waals surface area contributed by atoms with E-state index in [-0.39, 0.29) is 30.1 Å². The minimum absolute atomic E-state index is 0. The molecule has 1 fully saturated rings. The first-order valence-electron chi connectivity index (χ1n) is 12.9. The Morgan fingerprint density at radius 1 is 1.11 bits per heavy atom. The van der Waals surface area contributed by atoms with Crippen LogP contribution in [0.2, 0.25) is 0 Å². The van der Waals surface area contributed by atoms with Crippen LogP contribution in [0.3, 0.4) is 0 Å². The highest BCUT2D eigenvalue weighted by atomic mass is 35.5. The molecule has 3 N–H and O–H groups in total. The van der Waals surface area contributed by atoms with Crippen LogP contribution in [-0.2, 0) is 12.6 Å². The number of piperidine rings is 1. The average molecular weight is 530 g/mol. The van der Waals surface area contributed by atoms with Crippen molar-refractivity contribution in [1.82, 2.24) is 15.0 Å². The zero-order chi connectivity index (χ0) is 25.3. The van der Waals surface area contributed by atoms with Crippen molar-refractivity contribution in [3.8, 4) is 11.4 Å². The highest BCUT2D eigenvalue weighted by Crippen LogP contribution is 2.36. The summed E-state index contributed by atoms with van der Waals surface area (Å²) in [4.78, 5) is 6.13. The normalized spacial score (nSPS) is 16.1. The lowest BCUT2D eigenvalue weighted by molar-refractivity contribution is -0.138. The second-order valence-corrected chi connectivity index (χ2v) is 9.57. The first-order chi connectivity index (χ1) is 16.8. The summed E-state index contributed by atoms with van der Waals surface area (Å²) < 4.78 is 46.9. The van der Waals surface area contributed by atoms with Crippen molar-refractivity contribution in [2.45, 2.75) is 96.1 Å². The highest BCUT2D eigenvalue weighted by Gasteiger charge is 2.34. The molecule has 1 aromatic carbocycles. The number of halogens is 4. The van der Waals surface area contributed by atoms with Crippen LogP contribution in [0.15, 0.2) is 22.7 Å². The fourth-order valence-corrected chi connectivity index (χ4v) is 4.74. The average Bonchev–Trinajstić information content (AvgIpc) is 3.33. The van der Waals surface area contributed by atoms with E-state index >= 15 is 0 Å². The molecule has 0 spiro atoms. The SMILES string of the molecule is CCCCCCCCCCCc1ccc(-c2noc([C@@H]3CCCN(C(=N)N)C3)n2)cc1C(F)(F)F.Cl. The van der Waals surface area contributed by atoms with Crippen molar-refractivity contribution in [1.29, 1.82) is 5.41 Å². The van der Waals surface area contributed by atoms with Crippen LogP contribution in [0.1, 0.15) is 100 Å². The van der Waals surface area contributed by atoms with Gasteiger partial charge in [0, 0.05) is 18.7 Å². The smallest absolute Gasteiger partial charge is 0.370 e. The Kier molecular flexibility index (Phi) is 12.0. The van der Waals surface area contributed by atoms with E-state index in [0.29, 0.717) is 36.5 Å². The van der Waals surface area contributed by atoms with Gasteiger partial charge in [-0.25, -0.2) is 0 Å². The minimum atomic E-state index is -4.44. The standard InChI is InChI=1S/C26H38F3N5O.ClH/c1-2-3-4-5-6-7-8-9-10-12-19-14-15-20(17-22(19)26(27,28)29)23-32-24(35-33-23)21-13-11-16-34(18-21)25(30)31;/h14-15,17,21H,2-13,16,18H2,1H3,(H3,30,31);1H/t21-;/m1./s1. The predicted molar refractivity (Wildman–Crippen MR) is 138 cm³/mol. The summed E-state index contributed by atoms with van der Waals surface area (Å²) in [5, 5.41) is 11.6. The number of nitrogens with one attached hydrogen (secondary N) is 1. The van der Waals surface area contributed by atoms with Gasteiger partial charge in [-0.3, -0.25) is 5.41 Å². The Morgan fingerprint density at radius 3 is 2.42 bits per heavy atom. The molecule has 1 aromatic heterocycles. The third kappa shape index (κ3) is 8.68. The van der Waals surface area contributed by atoms with Crippen molar-refractivity contribution >= 4 is 18.4 Å². The Balaban J connectivity index is 0.00000456. The van der Waals surface area contributed by atoms with Gasteiger partial charge < -0.3 is 15.2 Å². The van der Waals surface area contributed by atoms with Gasteiger partial charge in [-0.05, 0) is 37.3 Å². The summed E-state index contributed by atoms with van der Waals surface area (Å²) in [7, 11) is 0. The first kappa shape index (κ1) is 29.9. The molecule has 2 aromatic rings. The van der Waals surface area contributed by atoms with Crippen molar-refractivity contribution in [2.24, 2.45) is 5.73 Å². The Hall–Kier alpha value is -2.29. The second kappa shape index (κ2) is 14.4. The van der Waals surface area contributed by atoms with Gasteiger partial charge in [-0.15, -0.1) is 12.4 Å². The van der Waals surface area contributed by atoms with E-state index in [9.17, 15) is 13.2 Å². The summed E-state index contributed by atoms with van der Waals surface area (Å²) in [6, 6.07) is 4.34. The molecule has 1 aliphatic heterocycles. The molecule has 36 heavy (non-hydrogen) atoms. The quantitative estimate of drug-likeness (QED) is 0.171. The maximum atomic E-state index is 13.8. The number of nitrogens with two attached hydrogens (primary N) is 1. The third-order valence-electron chi connectivity index (χ3n) is 6.78. The predicted octanol–water partition coefficient (Wildman–Crippen LogP) is 7.32. The number of aromatic nitrogens is 2. The van der Waals surface area contributed by atoms with E-state index in [1.54, 1.807) is 17.0 Å². The van der Waals surface area contributed by atoms with Gasteiger partial charge in [0.15, 0.2) is 5.96 Å². The molecule has 1 saturated heterocycles. The molecule has 2 heterocycles. The van der Waals surface area contributed by atoms with Crippen LogP contribution in [-0.4, -0.2) is 34.1 Å². The van der Waals surface area contributed by atoms with Crippen molar-refractivity contribution in [2.75, 3.05) is 13.1 Å².